The third kappa shape index (κ3) is 6.98. The average molecular weight is 532 g/mol. The fraction of sp³-hybridized carbons (Fsp3) is 0.516. The van der Waals surface area contributed by atoms with E-state index in [9.17, 15) is 14.4 Å². The second kappa shape index (κ2) is 13.1. The number of carbonyl (C=O) groups excluding carboxylic acids is 3. The number of rotatable bonds is 11. The standard InChI is InChI=1S/C31H41N5O3/c1-4-5-13-24-22-12-6-7-14-23(22)33-27(28(38)25-15-8-11-20-32-25)29(34-24)35-30(39)31(18-9-10-19-31)36-26(37)17-16-21(2)3/h6-8,11-12,14-15,20-21,24,29,34H,4-5,9-10,13,16-19H2,1-3H3,(H,35,39)(H,36,37). The smallest absolute Gasteiger partial charge is 0.247 e. The zero-order chi connectivity index (χ0) is 27.8. The van der Waals surface area contributed by atoms with Crippen LogP contribution in [0.15, 0.2) is 53.7 Å². The molecule has 2 aromatic rings. The maximum Gasteiger partial charge on any atom is 0.247 e. The van der Waals surface area contributed by atoms with Crippen LogP contribution in [0.4, 0.5) is 5.69 Å². The van der Waals surface area contributed by atoms with Crippen LogP contribution in [-0.4, -0.2) is 40.0 Å². The van der Waals surface area contributed by atoms with Gasteiger partial charge in [-0.15, -0.1) is 0 Å². The predicted molar refractivity (Wildman–Crippen MR) is 153 cm³/mol. The lowest BCUT2D eigenvalue weighted by atomic mass is 9.94. The molecule has 0 radical (unpaired) electrons. The number of para-hydroxylation sites is 1. The summed E-state index contributed by atoms with van der Waals surface area (Å²) in [5.41, 5.74) is 1.16. The van der Waals surface area contributed by atoms with E-state index in [-0.39, 0.29) is 35.0 Å². The summed E-state index contributed by atoms with van der Waals surface area (Å²) >= 11 is 0. The van der Waals surface area contributed by atoms with Crippen molar-refractivity contribution in [1.29, 1.82) is 0 Å². The first-order chi connectivity index (χ1) is 18.8. The van der Waals surface area contributed by atoms with Crippen molar-refractivity contribution in [2.75, 3.05) is 0 Å². The van der Waals surface area contributed by atoms with Gasteiger partial charge in [0.25, 0.3) is 0 Å². The Morgan fingerprint density at radius 1 is 1.08 bits per heavy atom. The van der Waals surface area contributed by atoms with Gasteiger partial charge in [-0.25, -0.2) is 4.99 Å². The number of hydrogen-bond donors (Lipinski definition) is 3. The Morgan fingerprint density at radius 2 is 1.82 bits per heavy atom. The molecule has 1 aliphatic carbocycles. The molecule has 0 spiro atoms. The van der Waals surface area contributed by atoms with Crippen molar-refractivity contribution in [2.24, 2.45) is 10.9 Å². The fourth-order valence-electron chi connectivity index (χ4n) is 5.42. The first-order valence-electron chi connectivity index (χ1n) is 14.3. The number of aromatic nitrogens is 1. The Labute approximate surface area is 231 Å². The molecule has 1 aromatic carbocycles. The third-order valence-corrected chi connectivity index (χ3v) is 7.67. The molecular formula is C31H41N5O3. The highest BCUT2D eigenvalue weighted by molar-refractivity contribution is 6.47. The molecule has 1 saturated carbocycles. The van der Waals surface area contributed by atoms with Crippen LogP contribution in [0.3, 0.4) is 0 Å². The van der Waals surface area contributed by atoms with Gasteiger partial charge in [-0.1, -0.05) is 70.7 Å². The van der Waals surface area contributed by atoms with Gasteiger partial charge < -0.3 is 10.6 Å². The molecule has 0 saturated heterocycles. The summed E-state index contributed by atoms with van der Waals surface area (Å²) in [4.78, 5) is 49.7. The summed E-state index contributed by atoms with van der Waals surface area (Å²) in [5.74, 6) is -0.337. The maximum absolute atomic E-state index is 14.0. The van der Waals surface area contributed by atoms with Crippen molar-refractivity contribution in [3.63, 3.8) is 0 Å². The Morgan fingerprint density at radius 3 is 2.51 bits per heavy atom. The number of fused-ring (bicyclic) bond motifs is 1. The van der Waals surface area contributed by atoms with Gasteiger partial charge in [0.2, 0.25) is 17.6 Å². The summed E-state index contributed by atoms with van der Waals surface area (Å²) in [6, 6.07) is 12.9. The van der Waals surface area contributed by atoms with Gasteiger partial charge in [0.15, 0.2) is 0 Å². The number of amides is 2. The summed E-state index contributed by atoms with van der Waals surface area (Å²) in [6.45, 7) is 6.30. The van der Waals surface area contributed by atoms with Gasteiger partial charge in [-0.2, -0.15) is 0 Å². The van der Waals surface area contributed by atoms with Crippen molar-refractivity contribution in [3.05, 3.63) is 59.9 Å². The summed E-state index contributed by atoms with van der Waals surface area (Å²) in [5, 5.41) is 9.73. The van der Waals surface area contributed by atoms with Gasteiger partial charge >= 0.3 is 0 Å². The van der Waals surface area contributed by atoms with Gasteiger partial charge in [-0.05, 0) is 55.4 Å². The lowest BCUT2D eigenvalue weighted by Gasteiger charge is -2.33. The summed E-state index contributed by atoms with van der Waals surface area (Å²) < 4.78 is 0. The van der Waals surface area contributed by atoms with Crippen LogP contribution in [-0.2, 0) is 9.59 Å². The molecule has 39 heavy (non-hydrogen) atoms. The van der Waals surface area contributed by atoms with Crippen molar-refractivity contribution in [3.8, 4) is 0 Å². The highest BCUT2D eigenvalue weighted by Gasteiger charge is 2.44. The minimum atomic E-state index is -0.993. The van der Waals surface area contributed by atoms with Gasteiger partial charge in [0.05, 0.1) is 5.69 Å². The van der Waals surface area contributed by atoms with E-state index in [1.54, 1.807) is 24.4 Å². The van der Waals surface area contributed by atoms with Crippen LogP contribution in [0.25, 0.3) is 0 Å². The van der Waals surface area contributed by atoms with E-state index in [0.29, 0.717) is 30.9 Å². The number of nitrogens with zero attached hydrogens (tertiary/aromatic N) is 2. The van der Waals surface area contributed by atoms with E-state index in [4.69, 9.17) is 4.99 Å². The van der Waals surface area contributed by atoms with Crippen molar-refractivity contribution in [2.45, 2.75) is 96.3 Å². The SMILES string of the molecule is CCCCC1NC(NC(=O)C2(NC(=O)CCC(C)C)CCCC2)C(C(=O)c2ccccn2)=Nc2ccccc21. The second-order valence-corrected chi connectivity index (χ2v) is 11.1. The van der Waals surface area contributed by atoms with Gasteiger partial charge in [0.1, 0.15) is 23.1 Å². The first kappa shape index (κ1) is 28.6. The number of aliphatic imine (C=N–C) groups is 1. The highest BCUT2D eigenvalue weighted by Crippen LogP contribution is 2.34. The largest absolute Gasteiger partial charge is 0.342 e. The lowest BCUT2D eigenvalue weighted by Crippen LogP contribution is -2.63. The number of hydrogen-bond acceptors (Lipinski definition) is 6. The first-order valence-corrected chi connectivity index (χ1v) is 14.3. The fourth-order valence-corrected chi connectivity index (χ4v) is 5.42. The van der Waals surface area contributed by atoms with Crippen molar-refractivity contribution >= 4 is 29.0 Å². The van der Waals surface area contributed by atoms with Crippen LogP contribution in [0.2, 0.25) is 0 Å². The Hall–Kier alpha value is -3.39. The summed E-state index contributed by atoms with van der Waals surface area (Å²) in [7, 11) is 0. The zero-order valence-corrected chi connectivity index (χ0v) is 23.3. The van der Waals surface area contributed by atoms with Crippen LogP contribution in [0, 0.1) is 5.92 Å². The molecule has 1 aliphatic heterocycles. The van der Waals surface area contributed by atoms with Gasteiger partial charge in [-0.3, -0.25) is 24.7 Å². The predicted octanol–water partition coefficient (Wildman–Crippen LogP) is 5.18. The molecule has 1 fully saturated rings. The molecule has 208 valence electrons. The van der Waals surface area contributed by atoms with E-state index >= 15 is 0 Å². The minimum absolute atomic E-state index is 0.107. The van der Waals surface area contributed by atoms with Crippen molar-refractivity contribution < 1.29 is 14.4 Å². The molecule has 8 heteroatoms. The Bertz CT molecular complexity index is 1190. The monoisotopic (exact) mass is 531 g/mol. The molecule has 4 rings (SSSR count). The number of pyridine rings is 1. The molecule has 2 heterocycles. The maximum atomic E-state index is 14.0. The highest BCUT2D eigenvalue weighted by atomic mass is 16.2. The topological polar surface area (TPSA) is 113 Å². The average Bonchev–Trinajstić information content (AvgIpc) is 3.36. The van der Waals surface area contributed by atoms with Crippen molar-refractivity contribution in [1.82, 2.24) is 20.9 Å². The molecule has 2 unspecified atom stereocenters. The van der Waals surface area contributed by atoms with E-state index < -0.39 is 11.7 Å². The number of nitrogens with one attached hydrogen (secondary N) is 3. The van der Waals surface area contributed by atoms with E-state index in [2.05, 4.69) is 41.7 Å². The van der Waals surface area contributed by atoms with E-state index in [0.717, 1.165) is 44.1 Å². The third-order valence-electron chi connectivity index (χ3n) is 7.67. The number of Topliss-reactive ketones (excluding diaryl/α,β-unsaturated/α-hetero) is 1. The lowest BCUT2D eigenvalue weighted by molar-refractivity contribution is -0.134. The summed E-state index contributed by atoms with van der Waals surface area (Å²) in [6.07, 6.45) is 7.55. The zero-order valence-electron chi connectivity index (χ0n) is 23.3. The van der Waals surface area contributed by atoms with Crippen LogP contribution in [0.5, 0.6) is 0 Å². The number of ketones is 1. The van der Waals surface area contributed by atoms with Crippen LogP contribution >= 0.6 is 0 Å². The molecule has 2 aliphatic rings. The van der Waals surface area contributed by atoms with E-state index in [1.165, 1.54) is 0 Å². The number of benzene rings is 1. The molecule has 1 aromatic heterocycles. The molecule has 0 bridgehead atoms. The van der Waals surface area contributed by atoms with Gasteiger partial charge in [0, 0.05) is 18.7 Å². The number of carbonyl (C=O) groups is 3. The number of unbranched alkanes of at least 4 members (excludes halogenated alkanes) is 1. The minimum Gasteiger partial charge on any atom is -0.342 e. The normalized spacial score (nSPS) is 20.1. The molecule has 8 nitrogen and oxygen atoms in total. The van der Waals surface area contributed by atoms with Crippen LogP contribution < -0.4 is 16.0 Å². The Kier molecular flexibility index (Phi) is 9.62. The Balaban J connectivity index is 1.67. The molecular weight excluding hydrogens is 490 g/mol. The van der Waals surface area contributed by atoms with Crippen LogP contribution in [0.1, 0.15) is 101 Å². The molecule has 2 atom stereocenters. The van der Waals surface area contributed by atoms with E-state index in [1.807, 2.05) is 24.3 Å². The molecule has 2 amide bonds. The molecule has 3 N–H and O–H groups in total. The second-order valence-electron chi connectivity index (χ2n) is 11.1. The quantitative estimate of drug-likeness (QED) is 0.346.